The largest absolute Gasteiger partial charge is 0.507 e. The number of hydrogen-bond donors (Lipinski definition) is 1. The van der Waals surface area contributed by atoms with Crippen molar-refractivity contribution >= 4 is 11.4 Å². The average molecular weight is 391 g/mol. The third-order valence-corrected chi connectivity index (χ3v) is 4.64. The van der Waals surface area contributed by atoms with Gasteiger partial charge >= 0.3 is 0 Å². The number of ketones is 1. The number of fused-ring (bicyclic) bond motifs is 1. The maximum atomic E-state index is 12.4. The standard InChI is InChI=1S/C22H21N3O4/c1-4-5-18-19(7-6-17(14(3)26)20(18)27)29-12-15-8-13(2)11-25-21(15)24-10-16(9-23)22(25)28/h6-8,10-11,27H,4-5,12H2,1-3H3. The Bertz CT molecular complexity index is 1210. The van der Waals surface area contributed by atoms with Gasteiger partial charge in [-0.2, -0.15) is 5.26 Å². The van der Waals surface area contributed by atoms with Gasteiger partial charge in [-0.3, -0.25) is 14.0 Å². The third-order valence-electron chi connectivity index (χ3n) is 4.64. The highest BCUT2D eigenvalue weighted by atomic mass is 16.5. The molecule has 3 aromatic rings. The minimum atomic E-state index is -0.433. The first-order valence-electron chi connectivity index (χ1n) is 9.27. The molecule has 0 radical (unpaired) electrons. The number of carbonyl (C=O) groups is 1. The predicted octanol–water partition coefficient (Wildman–Crippen LogP) is 3.31. The summed E-state index contributed by atoms with van der Waals surface area (Å²) in [5.74, 6) is 0.205. The SMILES string of the molecule is CCCc1c(OCc2cc(C)cn3c(=O)c(C#N)cnc23)ccc(C(C)=O)c1O. The van der Waals surface area contributed by atoms with Crippen LogP contribution in [0.2, 0.25) is 0 Å². The van der Waals surface area contributed by atoms with E-state index in [1.807, 2.05) is 26.0 Å². The number of pyridine rings is 1. The summed E-state index contributed by atoms with van der Waals surface area (Å²) < 4.78 is 7.30. The Morgan fingerprint density at radius 2 is 2.14 bits per heavy atom. The van der Waals surface area contributed by atoms with Gasteiger partial charge in [0, 0.05) is 17.3 Å². The zero-order valence-electron chi connectivity index (χ0n) is 16.5. The van der Waals surface area contributed by atoms with Crippen LogP contribution in [0.1, 0.15) is 52.9 Å². The van der Waals surface area contributed by atoms with Crippen molar-refractivity contribution in [3.8, 4) is 17.6 Å². The van der Waals surface area contributed by atoms with Gasteiger partial charge in [-0.15, -0.1) is 0 Å². The maximum Gasteiger partial charge on any atom is 0.275 e. The first-order valence-corrected chi connectivity index (χ1v) is 9.27. The van der Waals surface area contributed by atoms with Crippen molar-refractivity contribution in [3.63, 3.8) is 0 Å². The molecule has 0 aliphatic carbocycles. The summed E-state index contributed by atoms with van der Waals surface area (Å²) in [6, 6.07) is 6.92. The summed E-state index contributed by atoms with van der Waals surface area (Å²) in [7, 11) is 0. The number of aromatic hydroxyl groups is 1. The molecule has 1 aromatic carbocycles. The molecule has 0 atom stereocenters. The van der Waals surface area contributed by atoms with E-state index in [0.29, 0.717) is 28.9 Å². The van der Waals surface area contributed by atoms with Crippen LogP contribution in [0.3, 0.4) is 0 Å². The van der Waals surface area contributed by atoms with E-state index in [1.165, 1.54) is 17.5 Å². The first-order chi connectivity index (χ1) is 13.9. The number of aromatic nitrogens is 2. The van der Waals surface area contributed by atoms with Crippen LogP contribution in [0.5, 0.6) is 11.5 Å². The molecule has 0 spiro atoms. The van der Waals surface area contributed by atoms with E-state index < -0.39 is 5.56 Å². The number of aryl methyl sites for hydroxylation is 1. The topological polar surface area (TPSA) is 105 Å². The van der Waals surface area contributed by atoms with Gasteiger partial charge in [-0.25, -0.2) is 4.98 Å². The number of Topliss-reactive ketones (excluding diaryl/α,β-unsaturated/α-hetero) is 1. The van der Waals surface area contributed by atoms with Gasteiger partial charge in [-0.05, 0) is 44.0 Å². The molecule has 148 valence electrons. The molecule has 0 unspecified atom stereocenters. The lowest BCUT2D eigenvalue weighted by Crippen LogP contribution is -2.19. The molecule has 0 saturated carbocycles. The number of phenols is 1. The Hall–Kier alpha value is -3.66. The van der Waals surface area contributed by atoms with Crippen LogP contribution in [0.15, 0.2) is 35.4 Å². The lowest BCUT2D eigenvalue weighted by atomic mass is 10.0. The quantitative estimate of drug-likeness (QED) is 0.647. The van der Waals surface area contributed by atoms with Gasteiger partial charge in [0.25, 0.3) is 5.56 Å². The number of ether oxygens (including phenoxy) is 1. The predicted molar refractivity (Wildman–Crippen MR) is 107 cm³/mol. The highest BCUT2D eigenvalue weighted by Crippen LogP contribution is 2.33. The fraction of sp³-hybridized carbons (Fsp3) is 0.273. The maximum absolute atomic E-state index is 12.4. The van der Waals surface area contributed by atoms with E-state index in [9.17, 15) is 14.7 Å². The Morgan fingerprint density at radius 3 is 2.79 bits per heavy atom. The summed E-state index contributed by atoms with van der Waals surface area (Å²) in [5.41, 5.74) is 2.27. The molecule has 0 aliphatic heterocycles. The van der Waals surface area contributed by atoms with Crippen molar-refractivity contribution in [1.29, 1.82) is 5.26 Å². The van der Waals surface area contributed by atoms with Crippen LogP contribution in [0.4, 0.5) is 0 Å². The van der Waals surface area contributed by atoms with E-state index in [4.69, 9.17) is 10.00 Å². The van der Waals surface area contributed by atoms with Gasteiger partial charge in [0.1, 0.15) is 35.4 Å². The van der Waals surface area contributed by atoms with Crippen LogP contribution < -0.4 is 10.3 Å². The second kappa shape index (κ2) is 8.15. The van der Waals surface area contributed by atoms with E-state index in [-0.39, 0.29) is 29.3 Å². The smallest absolute Gasteiger partial charge is 0.275 e. The number of phenolic OH excluding ortho intramolecular Hbond substituents is 1. The molecule has 0 saturated heterocycles. The van der Waals surface area contributed by atoms with Crippen LogP contribution in [-0.4, -0.2) is 20.3 Å². The van der Waals surface area contributed by atoms with E-state index in [1.54, 1.807) is 18.3 Å². The molecule has 0 amide bonds. The normalized spacial score (nSPS) is 10.7. The second-order valence-electron chi connectivity index (χ2n) is 6.86. The Kier molecular flexibility index (Phi) is 5.64. The minimum absolute atomic E-state index is 0.0325. The van der Waals surface area contributed by atoms with Crippen molar-refractivity contribution in [2.24, 2.45) is 0 Å². The highest BCUT2D eigenvalue weighted by molar-refractivity contribution is 5.97. The van der Waals surface area contributed by atoms with Crippen LogP contribution in [-0.2, 0) is 13.0 Å². The molecule has 29 heavy (non-hydrogen) atoms. The van der Waals surface area contributed by atoms with E-state index in [2.05, 4.69) is 4.98 Å². The molecule has 3 rings (SSSR count). The average Bonchev–Trinajstić information content (AvgIpc) is 2.68. The van der Waals surface area contributed by atoms with Crippen LogP contribution in [0.25, 0.3) is 5.65 Å². The Morgan fingerprint density at radius 1 is 1.38 bits per heavy atom. The fourth-order valence-corrected chi connectivity index (χ4v) is 3.27. The van der Waals surface area contributed by atoms with Crippen molar-refractivity contribution in [2.45, 2.75) is 40.2 Å². The molecule has 7 nitrogen and oxygen atoms in total. The molecule has 2 aromatic heterocycles. The van der Waals surface area contributed by atoms with Crippen LogP contribution in [0, 0.1) is 18.3 Å². The van der Waals surface area contributed by atoms with Gasteiger partial charge < -0.3 is 9.84 Å². The second-order valence-corrected chi connectivity index (χ2v) is 6.86. The van der Waals surface area contributed by atoms with Crippen LogP contribution >= 0.6 is 0 Å². The first kappa shape index (κ1) is 20.1. The molecular weight excluding hydrogens is 370 g/mol. The fourth-order valence-electron chi connectivity index (χ4n) is 3.27. The van der Waals surface area contributed by atoms with Gasteiger partial charge in [0.05, 0.1) is 11.8 Å². The highest BCUT2D eigenvalue weighted by Gasteiger charge is 2.17. The van der Waals surface area contributed by atoms with Gasteiger partial charge in [-0.1, -0.05) is 13.3 Å². The number of carbonyl (C=O) groups excluding carboxylic acids is 1. The molecule has 0 aliphatic rings. The number of benzene rings is 1. The molecule has 1 N–H and O–H groups in total. The summed E-state index contributed by atoms with van der Waals surface area (Å²) in [6.07, 6.45) is 4.21. The number of hydrogen-bond acceptors (Lipinski definition) is 6. The van der Waals surface area contributed by atoms with Crippen molar-refractivity contribution < 1.29 is 14.6 Å². The molecular formula is C22H21N3O4. The zero-order valence-corrected chi connectivity index (χ0v) is 16.5. The lowest BCUT2D eigenvalue weighted by molar-refractivity contribution is 0.101. The molecule has 2 heterocycles. The molecule has 0 bridgehead atoms. The summed E-state index contributed by atoms with van der Waals surface area (Å²) >= 11 is 0. The zero-order chi connectivity index (χ0) is 21.1. The van der Waals surface area contributed by atoms with E-state index in [0.717, 1.165) is 12.0 Å². The molecule has 7 heteroatoms. The van der Waals surface area contributed by atoms with Crippen molar-refractivity contribution in [1.82, 2.24) is 9.38 Å². The number of nitriles is 1. The minimum Gasteiger partial charge on any atom is -0.507 e. The third kappa shape index (κ3) is 3.83. The lowest BCUT2D eigenvalue weighted by Gasteiger charge is -2.15. The van der Waals surface area contributed by atoms with Crippen molar-refractivity contribution in [2.75, 3.05) is 0 Å². The Balaban J connectivity index is 2.02. The summed E-state index contributed by atoms with van der Waals surface area (Å²) in [6.45, 7) is 5.33. The molecule has 0 fully saturated rings. The summed E-state index contributed by atoms with van der Waals surface area (Å²) in [5, 5.41) is 19.6. The monoisotopic (exact) mass is 391 g/mol. The van der Waals surface area contributed by atoms with Gasteiger partial charge in [0.2, 0.25) is 0 Å². The summed E-state index contributed by atoms with van der Waals surface area (Å²) in [4.78, 5) is 28.4. The Labute approximate surface area is 167 Å². The van der Waals surface area contributed by atoms with Crippen molar-refractivity contribution in [3.05, 3.63) is 68.8 Å². The van der Waals surface area contributed by atoms with Gasteiger partial charge in [0.15, 0.2) is 5.78 Å². The number of nitrogens with zero attached hydrogens (tertiary/aromatic N) is 3. The van der Waals surface area contributed by atoms with E-state index >= 15 is 0 Å². The number of rotatable bonds is 6.